The predicted molar refractivity (Wildman–Crippen MR) is 127 cm³/mol. The molecule has 0 fully saturated rings. The van der Waals surface area contributed by atoms with E-state index in [1.165, 1.54) is 0 Å². The lowest BCUT2D eigenvalue weighted by Crippen LogP contribution is -2.13. The molecule has 0 bridgehead atoms. The Morgan fingerprint density at radius 1 is 0.812 bits per heavy atom. The minimum atomic E-state index is -0.340. The first-order valence-electron chi connectivity index (χ1n) is 10.2. The fraction of sp³-hybridized carbons (Fsp3) is 0.0370. The van der Waals surface area contributed by atoms with E-state index < -0.39 is 0 Å². The summed E-state index contributed by atoms with van der Waals surface area (Å²) in [6, 6.07) is 28.9. The number of nitrogens with zero attached hydrogens (tertiary/aromatic N) is 2. The monoisotopic (exact) mass is 417 g/mol. The smallest absolute Gasteiger partial charge is 0.240 e. The van der Waals surface area contributed by atoms with Crippen molar-refractivity contribution < 1.29 is 9.90 Å². The van der Waals surface area contributed by atoms with Crippen molar-refractivity contribution in [3.8, 4) is 5.75 Å². The van der Waals surface area contributed by atoms with Gasteiger partial charge in [-0.15, -0.1) is 0 Å². The first kappa shape index (κ1) is 19.5. The number of benzene rings is 4. The molecule has 1 unspecified atom stereocenters. The van der Waals surface area contributed by atoms with Crippen molar-refractivity contribution >= 4 is 39.1 Å². The van der Waals surface area contributed by atoms with Gasteiger partial charge in [0.25, 0.3) is 0 Å². The van der Waals surface area contributed by atoms with Crippen molar-refractivity contribution in [2.24, 2.45) is 4.99 Å². The van der Waals surface area contributed by atoms with E-state index in [9.17, 15) is 9.90 Å². The Morgan fingerprint density at radius 3 is 2.44 bits per heavy atom. The Hall–Kier alpha value is -4.47. The van der Waals surface area contributed by atoms with Crippen LogP contribution in [0, 0.1) is 0 Å². The minimum Gasteiger partial charge on any atom is -0.505 e. The maximum absolute atomic E-state index is 11.2. The number of aliphatic imine (C=N–C) groups is 1. The number of phenolic OH excluding ortho intramolecular Hbond substituents is 1. The Labute approximate surface area is 184 Å². The Bertz CT molecular complexity index is 1470. The van der Waals surface area contributed by atoms with Crippen LogP contribution in [0.4, 0.5) is 11.4 Å². The molecule has 1 atom stereocenters. The number of nitrogens with one attached hydrogen (secondary N) is 1. The number of carbonyl (C=O) groups excluding carboxylic acids is 1. The van der Waals surface area contributed by atoms with Crippen molar-refractivity contribution in [1.29, 1.82) is 0 Å². The Kier molecular flexibility index (Phi) is 5.08. The lowest BCUT2D eigenvalue weighted by molar-refractivity contribution is 0.472. The molecule has 0 saturated heterocycles. The third-order valence-corrected chi connectivity index (χ3v) is 5.58. The Balaban J connectivity index is 1.68. The molecule has 4 aromatic carbocycles. The fourth-order valence-corrected chi connectivity index (χ4v) is 4.06. The van der Waals surface area contributed by atoms with Crippen LogP contribution in [0.3, 0.4) is 0 Å². The molecule has 0 aliphatic heterocycles. The highest BCUT2D eigenvalue weighted by Gasteiger charge is 2.21. The van der Waals surface area contributed by atoms with Crippen LogP contribution >= 0.6 is 0 Å². The predicted octanol–water partition coefficient (Wildman–Crippen LogP) is 6.26. The molecule has 0 radical (unpaired) electrons. The minimum absolute atomic E-state index is 0.149. The van der Waals surface area contributed by atoms with Gasteiger partial charge in [-0.3, -0.25) is 4.98 Å². The van der Waals surface area contributed by atoms with Crippen molar-refractivity contribution in [2.75, 3.05) is 5.32 Å². The summed E-state index contributed by atoms with van der Waals surface area (Å²) in [5.74, 6) is 0.149. The Morgan fingerprint density at radius 2 is 1.59 bits per heavy atom. The highest BCUT2D eigenvalue weighted by atomic mass is 16.3. The molecule has 0 aliphatic carbocycles. The number of anilines is 1. The van der Waals surface area contributed by atoms with Gasteiger partial charge in [-0.25, -0.2) is 4.79 Å². The van der Waals surface area contributed by atoms with E-state index in [2.05, 4.69) is 39.6 Å². The number of rotatable bonds is 5. The maximum atomic E-state index is 11.2. The number of phenols is 1. The molecule has 5 heteroatoms. The van der Waals surface area contributed by atoms with Crippen LogP contribution in [0.25, 0.3) is 21.7 Å². The standard InChI is InChI=1S/C27H19N3O2/c31-17-29-20-11-13-21(14-12-20)30-26(23-9-3-6-18-5-1-2-8-22(18)23)24-15-10-19-7-4-16-28-25(19)27(24)32/h1-16,26,30,32H. The van der Waals surface area contributed by atoms with Gasteiger partial charge in [0.1, 0.15) is 11.3 Å². The van der Waals surface area contributed by atoms with Gasteiger partial charge >= 0.3 is 0 Å². The van der Waals surface area contributed by atoms with Crippen LogP contribution in [0.2, 0.25) is 0 Å². The topological polar surface area (TPSA) is 74.6 Å². The first-order chi connectivity index (χ1) is 15.7. The summed E-state index contributed by atoms with van der Waals surface area (Å²) in [5, 5.41) is 17.8. The van der Waals surface area contributed by atoms with E-state index in [0.29, 0.717) is 11.2 Å². The molecule has 0 spiro atoms. The molecular weight excluding hydrogens is 398 g/mol. The van der Waals surface area contributed by atoms with E-state index in [0.717, 1.165) is 33.0 Å². The molecule has 0 saturated carbocycles. The first-order valence-corrected chi connectivity index (χ1v) is 10.2. The maximum Gasteiger partial charge on any atom is 0.240 e. The number of pyridine rings is 1. The lowest BCUT2D eigenvalue weighted by atomic mass is 9.92. The van der Waals surface area contributed by atoms with Gasteiger partial charge in [0.05, 0.1) is 11.7 Å². The summed E-state index contributed by atoms with van der Waals surface area (Å²) < 4.78 is 0. The number of aromatic nitrogens is 1. The quantitative estimate of drug-likeness (QED) is 0.261. The third-order valence-electron chi connectivity index (χ3n) is 5.58. The van der Waals surface area contributed by atoms with Gasteiger partial charge in [0.15, 0.2) is 0 Å². The zero-order chi connectivity index (χ0) is 21.9. The summed E-state index contributed by atoms with van der Waals surface area (Å²) in [6.07, 6.45) is 3.23. The lowest BCUT2D eigenvalue weighted by Gasteiger charge is -2.24. The highest BCUT2D eigenvalue weighted by Crippen LogP contribution is 2.38. The normalized spacial score (nSPS) is 11.8. The average molecular weight is 417 g/mol. The van der Waals surface area contributed by atoms with E-state index in [1.54, 1.807) is 24.4 Å². The van der Waals surface area contributed by atoms with Crippen LogP contribution in [-0.2, 0) is 4.79 Å². The molecule has 0 aliphatic rings. The number of fused-ring (bicyclic) bond motifs is 2. The molecule has 0 amide bonds. The van der Waals surface area contributed by atoms with E-state index in [4.69, 9.17) is 0 Å². The van der Waals surface area contributed by atoms with Crippen LogP contribution < -0.4 is 5.32 Å². The van der Waals surface area contributed by atoms with Gasteiger partial charge < -0.3 is 10.4 Å². The van der Waals surface area contributed by atoms with E-state index in [1.807, 2.05) is 54.6 Å². The summed E-state index contributed by atoms with van der Waals surface area (Å²) in [5.41, 5.74) is 3.68. The largest absolute Gasteiger partial charge is 0.505 e. The van der Waals surface area contributed by atoms with Gasteiger partial charge in [-0.1, -0.05) is 60.7 Å². The van der Waals surface area contributed by atoms with Crippen molar-refractivity contribution in [2.45, 2.75) is 6.04 Å². The SMILES string of the molecule is O=C=Nc1ccc(NC(c2ccc3cccnc3c2O)c2cccc3ccccc23)cc1. The summed E-state index contributed by atoms with van der Waals surface area (Å²) in [4.78, 5) is 18.6. The molecular formula is C27H19N3O2. The fourth-order valence-electron chi connectivity index (χ4n) is 4.06. The summed E-state index contributed by atoms with van der Waals surface area (Å²) in [6.45, 7) is 0. The second kappa shape index (κ2) is 8.34. The van der Waals surface area contributed by atoms with Crippen LogP contribution in [0.1, 0.15) is 17.2 Å². The van der Waals surface area contributed by atoms with Crippen LogP contribution in [0.5, 0.6) is 5.75 Å². The second-order valence-corrected chi connectivity index (χ2v) is 7.47. The molecule has 32 heavy (non-hydrogen) atoms. The molecule has 2 N–H and O–H groups in total. The number of isocyanates is 1. The number of aromatic hydroxyl groups is 1. The zero-order valence-corrected chi connectivity index (χ0v) is 17.1. The van der Waals surface area contributed by atoms with Gasteiger partial charge in [-0.2, -0.15) is 4.99 Å². The van der Waals surface area contributed by atoms with Crippen molar-refractivity contribution in [1.82, 2.24) is 4.98 Å². The molecule has 1 aromatic heterocycles. The summed E-state index contributed by atoms with van der Waals surface area (Å²) in [7, 11) is 0. The second-order valence-electron chi connectivity index (χ2n) is 7.47. The van der Waals surface area contributed by atoms with Crippen LogP contribution in [-0.4, -0.2) is 16.2 Å². The van der Waals surface area contributed by atoms with Crippen molar-refractivity contribution in [3.05, 3.63) is 108 Å². The van der Waals surface area contributed by atoms with Crippen LogP contribution in [0.15, 0.2) is 102 Å². The molecule has 5 rings (SSSR count). The van der Waals surface area contributed by atoms with Gasteiger partial charge in [0, 0.05) is 22.8 Å². The molecule has 154 valence electrons. The number of hydrogen-bond acceptors (Lipinski definition) is 5. The van der Waals surface area contributed by atoms with E-state index >= 15 is 0 Å². The van der Waals surface area contributed by atoms with E-state index in [-0.39, 0.29) is 11.8 Å². The zero-order valence-electron chi connectivity index (χ0n) is 17.1. The van der Waals surface area contributed by atoms with Gasteiger partial charge in [-0.05, 0) is 46.7 Å². The third kappa shape index (κ3) is 3.58. The average Bonchev–Trinajstić information content (AvgIpc) is 2.84. The van der Waals surface area contributed by atoms with Crippen molar-refractivity contribution in [3.63, 3.8) is 0 Å². The molecule has 5 aromatic rings. The molecule has 1 heterocycles. The highest BCUT2D eigenvalue weighted by molar-refractivity contribution is 5.89. The van der Waals surface area contributed by atoms with Gasteiger partial charge in [0.2, 0.25) is 6.08 Å². The summed E-state index contributed by atoms with van der Waals surface area (Å²) >= 11 is 0. The number of hydrogen-bond donors (Lipinski definition) is 2. The molecule has 5 nitrogen and oxygen atoms in total.